The van der Waals surface area contributed by atoms with E-state index in [4.69, 9.17) is 9.15 Å². The zero-order valence-electron chi connectivity index (χ0n) is 13.6. The number of carbonyl (C=O) groups excluding carboxylic acids is 1. The summed E-state index contributed by atoms with van der Waals surface area (Å²) < 4.78 is 49.4. The molecule has 8 heteroatoms. The molecule has 0 atom stereocenters. The number of rotatable bonds is 2. The zero-order valence-corrected chi connectivity index (χ0v) is 13.6. The van der Waals surface area contributed by atoms with Crippen LogP contribution in [0.15, 0.2) is 35.1 Å². The third-order valence-corrected chi connectivity index (χ3v) is 2.96. The second kappa shape index (κ2) is 6.18. The molecular weight excluding hydrogens is 325 g/mol. The Bertz CT molecular complexity index is 719. The molecule has 1 amide bonds. The summed E-state index contributed by atoms with van der Waals surface area (Å²) >= 11 is 0. The Morgan fingerprint density at radius 2 is 1.92 bits per heavy atom. The average Bonchev–Trinajstić information content (AvgIpc) is 2.91. The molecule has 0 aliphatic rings. The van der Waals surface area contributed by atoms with Crippen molar-refractivity contribution in [2.24, 2.45) is 0 Å². The number of carbonyl (C=O) groups is 1. The standard InChI is InChI=1S/C16H17F3N2O3/c1-10-5-6-11(16(17,18)19)9-12(10)21(13-20-7-8-23-13)14(22)24-15(2,3)4/h5-9H,1-4H3. The van der Waals surface area contributed by atoms with Gasteiger partial charge >= 0.3 is 18.3 Å². The molecule has 0 spiro atoms. The molecule has 0 saturated carbocycles. The van der Waals surface area contributed by atoms with Crippen molar-refractivity contribution in [3.05, 3.63) is 41.8 Å². The first-order valence-corrected chi connectivity index (χ1v) is 7.09. The van der Waals surface area contributed by atoms with Gasteiger partial charge in [-0.1, -0.05) is 6.07 Å². The topological polar surface area (TPSA) is 55.6 Å². The molecular formula is C16H17F3N2O3. The third-order valence-electron chi connectivity index (χ3n) is 2.96. The van der Waals surface area contributed by atoms with Crippen LogP contribution in [0.3, 0.4) is 0 Å². The Balaban J connectivity index is 2.54. The van der Waals surface area contributed by atoms with Crippen LogP contribution in [0, 0.1) is 6.92 Å². The number of anilines is 2. The van der Waals surface area contributed by atoms with Crippen LogP contribution >= 0.6 is 0 Å². The Morgan fingerprint density at radius 1 is 1.25 bits per heavy atom. The van der Waals surface area contributed by atoms with E-state index in [1.165, 1.54) is 18.5 Å². The highest BCUT2D eigenvalue weighted by Crippen LogP contribution is 2.36. The van der Waals surface area contributed by atoms with Crippen molar-refractivity contribution >= 4 is 17.8 Å². The molecule has 0 aliphatic heterocycles. The average molecular weight is 342 g/mol. The molecule has 0 unspecified atom stereocenters. The maximum Gasteiger partial charge on any atom is 0.423 e. The van der Waals surface area contributed by atoms with Crippen LogP contribution < -0.4 is 4.90 Å². The summed E-state index contributed by atoms with van der Waals surface area (Å²) in [5, 5.41) is 0. The molecule has 0 fully saturated rings. The van der Waals surface area contributed by atoms with E-state index in [-0.39, 0.29) is 11.7 Å². The second-order valence-corrected chi connectivity index (χ2v) is 6.13. The quantitative estimate of drug-likeness (QED) is 0.764. The number of benzene rings is 1. The summed E-state index contributed by atoms with van der Waals surface area (Å²) in [7, 11) is 0. The molecule has 130 valence electrons. The van der Waals surface area contributed by atoms with E-state index in [0.29, 0.717) is 5.56 Å². The van der Waals surface area contributed by atoms with Crippen molar-refractivity contribution in [2.45, 2.75) is 39.5 Å². The number of halogens is 3. The van der Waals surface area contributed by atoms with Crippen molar-refractivity contribution in [1.82, 2.24) is 4.98 Å². The monoisotopic (exact) mass is 342 g/mol. The number of hydrogen-bond acceptors (Lipinski definition) is 4. The van der Waals surface area contributed by atoms with Gasteiger partial charge in [0, 0.05) is 0 Å². The zero-order chi connectivity index (χ0) is 18.1. The number of aromatic nitrogens is 1. The number of hydrogen-bond donors (Lipinski definition) is 0. The molecule has 0 N–H and O–H groups in total. The van der Waals surface area contributed by atoms with Crippen molar-refractivity contribution < 1.29 is 27.1 Å². The predicted octanol–water partition coefficient (Wildman–Crippen LogP) is 5.08. The molecule has 0 aliphatic carbocycles. The van der Waals surface area contributed by atoms with Gasteiger partial charge in [0.05, 0.1) is 17.4 Å². The van der Waals surface area contributed by atoms with Gasteiger partial charge in [-0.3, -0.25) is 0 Å². The Morgan fingerprint density at radius 3 is 2.42 bits per heavy atom. The lowest BCUT2D eigenvalue weighted by Crippen LogP contribution is -2.34. The lowest BCUT2D eigenvalue weighted by molar-refractivity contribution is -0.137. The van der Waals surface area contributed by atoms with E-state index < -0.39 is 23.4 Å². The van der Waals surface area contributed by atoms with Gasteiger partial charge in [-0.2, -0.15) is 18.1 Å². The molecule has 0 bridgehead atoms. The van der Waals surface area contributed by atoms with E-state index in [1.54, 1.807) is 27.7 Å². The van der Waals surface area contributed by atoms with Gasteiger partial charge in [-0.25, -0.2) is 9.78 Å². The maximum atomic E-state index is 13.0. The van der Waals surface area contributed by atoms with Crippen molar-refractivity contribution in [3.8, 4) is 0 Å². The lowest BCUT2D eigenvalue weighted by atomic mass is 10.1. The summed E-state index contributed by atoms with van der Waals surface area (Å²) in [5.41, 5.74) is -1.30. The molecule has 2 aromatic rings. The highest BCUT2D eigenvalue weighted by molar-refractivity contribution is 5.94. The summed E-state index contributed by atoms with van der Waals surface area (Å²) in [6.45, 7) is 6.53. The SMILES string of the molecule is Cc1ccc(C(F)(F)F)cc1N(C(=O)OC(C)(C)C)c1ncco1. The Kier molecular flexibility index (Phi) is 4.59. The Hall–Kier alpha value is -2.51. The van der Waals surface area contributed by atoms with Crippen LogP contribution in [-0.4, -0.2) is 16.7 Å². The first kappa shape index (κ1) is 17.8. The minimum absolute atomic E-state index is 0.0125. The fourth-order valence-electron chi connectivity index (χ4n) is 1.94. The number of aryl methyl sites for hydroxylation is 1. The smallest absolute Gasteiger partial charge is 0.423 e. The summed E-state index contributed by atoms with van der Waals surface area (Å²) in [6.07, 6.45) is -2.92. The number of nitrogens with zero attached hydrogens (tertiary/aromatic N) is 2. The van der Waals surface area contributed by atoms with Gasteiger partial charge in [-0.05, 0) is 45.4 Å². The van der Waals surface area contributed by atoms with Gasteiger partial charge in [0.1, 0.15) is 11.9 Å². The van der Waals surface area contributed by atoms with Crippen LogP contribution in [0.25, 0.3) is 0 Å². The van der Waals surface area contributed by atoms with Gasteiger partial charge in [0.25, 0.3) is 0 Å². The minimum Gasteiger partial charge on any atom is -0.443 e. The summed E-state index contributed by atoms with van der Waals surface area (Å²) in [5.74, 6) is 0. The molecule has 24 heavy (non-hydrogen) atoms. The molecule has 2 rings (SSSR count). The minimum atomic E-state index is -4.54. The van der Waals surface area contributed by atoms with Crippen LogP contribution in [-0.2, 0) is 10.9 Å². The summed E-state index contributed by atoms with van der Waals surface area (Å²) in [4.78, 5) is 17.2. The van der Waals surface area contributed by atoms with Crippen LogP contribution in [0.2, 0.25) is 0 Å². The number of alkyl halides is 3. The lowest BCUT2D eigenvalue weighted by Gasteiger charge is -2.26. The highest BCUT2D eigenvalue weighted by Gasteiger charge is 2.34. The van der Waals surface area contributed by atoms with E-state index in [1.807, 2.05) is 0 Å². The van der Waals surface area contributed by atoms with Gasteiger partial charge in [0.2, 0.25) is 0 Å². The summed E-state index contributed by atoms with van der Waals surface area (Å²) in [6, 6.07) is 2.91. The van der Waals surface area contributed by atoms with E-state index >= 15 is 0 Å². The fraction of sp³-hybridized carbons (Fsp3) is 0.375. The van der Waals surface area contributed by atoms with E-state index in [0.717, 1.165) is 17.0 Å². The van der Waals surface area contributed by atoms with Crippen molar-refractivity contribution in [3.63, 3.8) is 0 Å². The van der Waals surface area contributed by atoms with Crippen molar-refractivity contribution in [1.29, 1.82) is 0 Å². The van der Waals surface area contributed by atoms with Crippen LogP contribution in [0.5, 0.6) is 0 Å². The van der Waals surface area contributed by atoms with Gasteiger partial charge in [0.15, 0.2) is 0 Å². The second-order valence-electron chi connectivity index (χ2n) is 6.13. The fourth-order valence-corrected chi connectivity index (χ4v) is 1.94. The number of oxazole rings is 1. The first-order valence-electron chi connectivity index (χ1n) is 7.09. The molecule has 1 aromatic heterocycles. The third kappa shape index (κ3) is 4.06. The van der Waals surface area contributed by atoms with Gasteiger partial charge < -0.3 is 9.15 Å². The first-order chi connectivity index (χ1) is 11.0. The molecule has 0 radical (unpaired) electrons. The molecule has 1 aromatic carbocycles. The Labute approximate surface area is 137 Å². The normalized spacial score (nSPS) is 12.1. The molecule has 5 nitrogen and oxygen atoms in total. The van der Waals surface area contributed by atoms with E-state index in [2.05, 4.69) is 4.98 Å². The van der Waals surface area contributed by atoms with Crippen molar-refractivity contribution in [2.75, 3.05) is 4.90 Å². The number of amides is 1. The van der Waals surface area contributed by atoms with E-state index in [9.17, 15) is 18.0 Å². The van der Waals surface area contributed by atoms with Crippen LogP contribution in [0.4, 0.5) is 29.7 Å². The predicted molar refractivity (Wildman–Crippen MR) is 81.1 cm³/mol. The maximum absolute atomic E-state index is 13.0. The largest absolute Gasteiger partial charge is 0.443 e. The number of ether oxygens (including phenoxy) is 1. The molecule has 1 heterocycles. The van der Waals surface area contributed by atoms with Gasteiger partial charge in [-0.15, -0.1) is 0 Å². The molecule has 0 saturated heterocycles. The van der Waals surface area contributed by atoms with Crippen LogP contribution in [0.1, 0.15) is 31.9 Å². The highest BCUT2D eigenvalue weighted by atomic mass is 19.4.